The van der Waals surface area contributed by atoms with Crippen LogP contribution in [0, 0.1) is 5.82 Å². The van der Waals surface area contributed by atoms with E-state index in [1.54, 1.807) is 7.11 Å². The van der Waals surface area contributed by atoms with Crippen molar-refractivity contribution in [2.45, 2.75) is 6.42 Å². The van der Waals surface area contributed by atoms with Crippen LogP contribution in [0.3, 0.4) is 0 Å². The van der Waals surface area contributed by atoms with Gasteiger partial charge in [-0.25, -0.2) is 9.18 Å². The maximum absolute atomic E-state index is 13.4. The van der Waals surface area contributed by atoms with E-state index in [0.29, 0.717) is 26.2 Å². The van der Waals surface area contributed by atoms with E-state index in [1.807, 2.05) is 0 Å². The van der Waals surface area contributed by atoms with Crippen LogP contribution >= 0.6 is 0 Å². The van der Waals surface area contributed by atoms with Crippen LogP contribution in [0.1, 0.15) is 16.8 Å². The smallest absolute Gasteiger partial charge is 0.341 e. The second-order valence-electron chi connectivity index (χ2n) is 3.83. The minimum absolute atomic E-state index is 0.116. The summed E-state index contributed by atoms with van der Waals surface area (Å²) in [6.07, 6.45) is 0.548. The van der Waals surface area contributed by atoms with Crippen molar-refractivity contribution < 1.29 is 23.4 Å². The molecule has 1 aromatic carbocycles. The summed E-state index contributed by atoms with van der Waals surface area (Å²) in [5.74, 6) is -1.38. The lowest BCUT2D eigenvalue weighted by atomic mass is 10.2. The van der Waals surface area contributed by atoms with Gasteiger partial charge >= 0.3 is 5.97 Å². The van der Waals surface area contributed by atoms with Crippen LogP contribution in [0.25, 0.3) is 0 Å². The van der Waals surface area contributed by atoms with Crippen LogP contribution in [0.15, 0.2) is 18.2 Å². The van der Waals surface area contributed by atoms with Crippen molar-refractivity contribution >= 4 is 11.7 Å². The Balaban J connectivity index is 2.24. The second-order valence-corrected chi connectivity index (χ2v) is 3.83. The Labute approximate surface area is 111 Å². The number of esters is 1. The standard InChI is InChI=1S/C13H18FNO4/c1-17-7-8-18-5-2-6-19-13(16)11-4-3-10(15)9-12(11)14/h3-4,9H,2,5-8,15H2,1H3. The molecular weight excluding hydrogens is 253 g/mol. The minimum atomic E-state index is -0.700. The van der Waals surface area contributed by atoms with Gasteiger partial charge in [0.15, 0.2) is 0 Å². The van der Waals surface area contributed by atoms with Crippen molar-refractivity contribution in [1.29, 1.82) is 0 Å². The van der Waals surface area contributed by atoms with Gasteiger partial charge in [0.25, 0.3) is 0 Å². The van der Waals surface area contributed by atoms with E-state index in [4.69, 9.17) is 19.9 Å². The predicted molar refractivity (Wildman–Crippen MR) is 68.4 cm³/mol. The summed E-state index contributed by atoms with van der Waals surface area (Å²) in [5.41, 5.74) is 5.54. The highest BCUT2D eigenvalue weighted by atomic mass is 19.1. The molecule has 106 valence electrons. The Kier molecular flexibility index (Phi) is 6.84. The van der Waals surface area contributed by atoms with Crippen molar-refractivity contribution in [3.63, 3.8) is 0 Å². The molecule has 2 N–H and O–H groups in total. The van der Waals surface area contributed by atoms with Crippen molar-refractivity contribution in [2.24, 2.45) is 0 Å². The lowest BCUT2D eigenvalue weighted by Crippen LogP contribution is -2.11. The molecule has 0 saturated heterocycles. The van der Waals surface area contributed by atoms with E-state index in [0.717, 1.165) is 6.07 Å². The molecule has 0 aliphatic heterocycles. The highest BCUT2D eigenvalue weighted by Crippen LogP contribution is 2.12. The molecule has 1 rings (SSSR count). The summed E-state index contributed by atoms with van der Waals surface area (Å²) in [5, 5.41) is 0. The van der Waals surface area contributed by atoms with Gasteiger partial charge in [-0.3, -0.25) is 0 Å². The number of anilines is 1. The Morgan fingerprint density at radius 2 is 2.05 bits per heavy atom. The van der Waals surface area contributed by atoms with E-state index in [2.05, 4.69) is 0 Å². The third-order valence-electron chi connectivity index (χ3n) is 2.31. The molecule has 0 saturated carbocycles. The molecule has 0 atom stereocenters. The number of carbonyl (C=O) groups is 1. The number of rotatable bonds is 8. The van der Waals surface area contributed by atoms with Crippen LogP contribution < -0.4 is 5.73 Å². The fourth-order valence-corrected chi connectivity index (χ4v) is 1.34. The third-order valence-corrected chi connectivity index (χ3v) is 2.31. The Hall–Kier alpha value is -1.66. The summed E-state index contributed by atoms with van der Waals surface area (Å²) in [4.78, 5) is 11.5. The minimum Gasteiger partial charge on any atom is -0.462 e. The highest BCUT2D eigenvalue weighted by Gasteiger charge is 2.12. The number of nitrogen functional groups attached to an aromatic ring is 1. The largest absolute Gasteiger partial charge is 0.462 e. The van der Waals surface area contributed by atoms with Gasteiger partial charge in [-0.05, 0) is 18.2 Å². The molecule has 6 heteroatoms. The Morgan fingerprint density at radius 3 is 2.74 bits per heavy atom. The average molecular weight is 271 g/mol. The number of hydrogen-bond donors (Lipinski definition) is 1. The van der Waals surface area contributed by atoms with Gasteiger partial charge in [0, 0.05) is 25.8 Å². The number of halogens is 1. The van der Waals surface area contributed by atoms with Crippen molar-refractivity contribution in [2.75, 3.05) is 39.3 Å². The second kappa shape index (κ2) is 8.44. The van der Waals surface area contributed by atoms with Gasteiger partial charge in [-0.2, -0.15) is 0 Å². The molecule has 0 aliphatic rings. The molecule has 5 nitrogen and oxygen atoms in total. The van der Waals surface area contributed by atoms with Gasteiger partial charge < -0.3 is 19.9 Å². The zero-order chi connectivity index (χ0) is 14.1. The number of benzene rings is 1. The first-order valence-electron chi connectivity index (χ1n) is 5.94. The van der Waals surface area contributed by atoms with Crippen molar-refractivity contribution in [3.05, 3.63) is 29.6 Å². The summed E-state index contributed by atoms with van der Waals surface area (Å²) in [6.45, 7) is 1.66. The Morgan fingerprint density at radius 1 is 1.26 bits per heavy atom. The van der Waals surface area contributed by atoms with Crippen LogP contribution in [-0.4, -0.2) is 39.5 Å². The van der Waals surface area contributed by atoms with Crippen LogP contribution in [0.5, 0.6) is 0 Å². The van der Waals surface area contributed by atoms with E-state index in [9.17, 15) is 9.18 Å². The first kappa shape index (κ1) is 15.4. The SMILES string of the molecule is COCCOCCCOC(=O)c1ccc(N)cc1F. The van der Waals surface area contributed by atoms with Gasteiger partial charge in [-0.1, -0.05) is 0 Å². The zero-order valence-corrected chi connectivity index (χ0v) is 10.9. The molecular formula is C13H18FNO4. The summed E-state index contributed by atoms with van der Waals surface area (Å²) < 4.78 is 28.3. The molecule has 0 aliphatic carbocycles. The molecule has 0 bridgehead atoms. The first-order valence-corrected chi connectivity index (χ1v) is 5.94. The summed E-state index contributed by atoms with van der Waals surface area (Å²) >= 11 is 0. The summed E-state index contributed by atoms with van der Waals surface area (Å²) in [7, 11) is 1.59. The average Bonchev–Trinajstić information content (AvgIpc) is 2.37. The normalized spacial score (nSPS) is 10.4. The monoisotopic (exact) mass is 271 g/mol. The third kappa shape index (κ3) is 5.67. The maximum atomic E-state index is 13.4. The summed E-state index contributed by atoms with van der Waals surface area (Å²) in [6, 6.07) is 3.85. The molecule has 0 unspecified atom stereocenters. The topological polar surface area (TPSA) is 70.8 Å². The number of nitrogens with two attached hydrogens (primary N) is 1. The van der Waals surface area contributed by atoms with E-state index in [-0.39, 0.29) is 17.9 Å². The van der Waals surface area contributed by atoms with Gasteiger partial charge in [0.2, 0.25) is 0 Å². The van der Waals surface area contributed by atoms with Crippen LogP contribution in [-0.2, 0) is 14.2 Å². The first-order chi connectivity index (χ1) is 9.15. The van der Waals surface area contributed by atoms with Crippen molar-refractivity contribution in [1.82, 2.24) is 0 Å². The number of methoxy groups -OCH3 is 1. The highest BCUT2D eigenvalue weighted by molar-refractivity contribution is 5.90. The molecule has 0 fully saturated rings. The van der Waals surface area contributed by atoms with Crippen LogP contribution in [0.2, 0.25) is 0 Å². The quantitative estimate of drug-likeness (QED) is 0.442. The number of hydrogen-bond acceptors (Lipinski definition) is 5. The fourth-order valence-electron chi connectivity index (χ4n) is 1.34. The number of carbonyl (C=O) groups excluding carboxylic acids is 1. The molecule has 1 aromatic rings. The molecule has 0 radical (unpaired) electrons. The molecule has 0 aromatic heterocycles. The lowest BCUT2D eigenvalue weighted by molar-refractivity contribution is 0.0382. The van der Waals surface area contributed by atoms with Gasteiger partial charge in [-0.15, -0.1) is 0 Å². The van der Waals surface area contributed by atoms with E-state index in [1.165, 1.54) is 12.1 Å². The molecule has 0 spiro atoms. The van der Waals surface area contributed by atoms with Crippen molar-refractivity contribution in [3.8, 4) is 0 Å². The lowest BCUT2D eigenvalue weighted by Gasteiger charge is -2.06. The Bertz CT molecular complexity index is 412. The van der Waals surface area contributed by atoms with Crippen LogP contribution in [0.4, 0.5) is 10.1 Å². The maximum Gasteiger partial charge on any atom is 0.341 e. The van der Waals surface area contributed by atoms with E-state index >= 15 is 0 Å². The molecule has 19 heavy (non-hydrogen) atoms. The molecule has 0 heterocycles. The van der Waals surface area contributed by atoms with E-state index < -0.39 is 11.8 Å². The molecule has 0 amide bonds. The zero-order valence-electron chi connectivity index (χ0n) is 10.9. The fraction of sp³-hybridized carbons (Fsp3) is 0.462. The van der Waals surface area contributed by atoms with Gasteiger partial charge in [0.1, 0.15) is 5.82 Å². The van der Waals surface area contributed by atoms with Gasteiger partial charge in [0.05, 0.1) is 25.4 Å². The predicted octanol–water partition coefficient (Wildman–Crippen LogP) is 1.62. The number of ether oxygens (including phenoxy) is 3.